The molecule has 0 radical (unpaired) electrons. The Hall–Kier alpha value is -2.01. The Kier molecular flexibility index (Phi) is 5.53. The normalized spacial score (nSPS) is 13.5. The van der Waals surface area contributed by atoms with E-state index in [4.69, 9.17) is 4.74 Å². The third kappa shape index (κ3) is 4.48. The van der Waals surface area contributed by atoms with Gasteiger partial charge in [0.2, 0.25) is 0 Å². The second-order valence-electron chi connectivity index (χ2n) is 5.55. The van der Waals surface area contributed by atoms with Crippen molar-refractivity contribution in [1.29, 1.82) is 0 Å². The molecule has 2 N–H and O–H groups in total. The number of nitrogens with zero attached hydrogens (tertiary/aromatic N) is 1. The van der Waals surface area contributed by atoms with Gasteiger partial charge >= 0.3 is 0 Å². The fourth-order valence-electron chi connectivity index (χ4n) is 2.70. The van der Waals surface area contributed by atoms with Gasteiger partial charge in [-0.05, 0) is 41.5 Å². The Bertz CT molecular complexity index is 652. The minimum Gasteiger partial charge on any atom is -0.493 e. The van der Waals surface area contributed by atoms with Crippen molar-refractivity contribution in [2.45, 2.75) is 19.3 Å². The van der Waals surface area contributed by atoms with Crippen molar-refractivity contribution in [2.24, 2.45) is 4.99 Å². The molecule has 23 heavy (non-hydrogen) atoms. The van der Waals surface area contributed by atoms with Crippen molar-refractivity contribution in [3.8, 4) is 5.75 Å². The summed E-state index contributed by atoms with van der Waals surface area (Å²) >= 11 is 1.80. The van der Waals surface area contributed by atoms with E-state index < -0.39 is 0 Å². The smallest absolute Gasteiger partial charge is 0.190 e. The Morgan fingerprint density at radius 3 is 2.87 bits per heavy atom. The number of benzene rings is 1. The number of aliphatic imine (C=N–C) groups is 1. The molecule has 0 atom stereocenters. The van der Waals surface area contributed by atoms with Crippen molar-refractivity contribution in [3.63, 3.8) is 0 Å². The summed E-state index contributed by atoms with van der Waals surface area (Å²) in [4.78, 5) is 5.67. The topological polar surface area (TPSA) is 45.7 Å². The molecule has 1 aliphatic rings. The molecule has 0 spiro atoms. The third-order valence-electron chi connectivity index (χ3n) is 3.93. The molecule has 0 fully saturated rings. The second-order valence-corrected chi connectivity index (χ2v) is 6.58. The van der Waals surface area contributed by atoms with Gasteiger partial charge in [-0.15, -0.1) is 11.3 Å². The van der Waals surface area contributed by atoms with Gasteiger partial charge in [-0.3, -0.25) is 4.99 Å². The molecule has 0 unspecified atom stereocenters. The maximum absolute atomic E-state index is 5.54. The molecule has 0 amide bonds. The molecule has 1 aromatic heterocycles. The second kappa shape index (κ2) is 8.02. The maximum atomic E-state index is 5.54. The number of guanidine groups is 1. The van der Waals surface area contributed by atoms with Gasteiger partial charge in [-0.2, -0.15) is 0 Å². The molecule has 122 valence electrons. The maximum Gasteiger partial charge on any atom is 0.190 e. The first kappa shape index (κ1) is 15.9. The number of fused-ring (bicyclic) bond motifs is 1. The van der Waals surface area contributed by atoms with Crippen LogP contribution in [0.25, 0.3) is 0 Å². The van der Waals surface area contributed by atoms with Crippen LogP contribution in [-0.4, -0.2) is 32.7 Å². The monoisotopic (exact) mass is 329 g/mol. The summed E-state index contributed by atoms with van der Waals surface area (Å²) in [6, 6.07) is 10.8. The zero-order valence-electron chi connectivity index (χ0n) is 13.5. The van der Waals surface area contributed by atoms with Gasteiger partial charge in [0, 0.05) is 31.4 Å². The largest absolute Gasteiger partial charge is 0.493 e. The fourth-order valence-corrected chi connectivity index (χ4v) is 3.41. The van der Waals surface area contributed by atoms with E-state index in [0.717, 1.165) is 50.7 Å². The molecule has 0 saturated carbocycles. The first-order valence-electron chi connectivity index (χ1n) is 8.06. The van der Waals surface area contributed by atoms with Crippen LogP contribution < -0.4 is 15.4 Å². The van der Waals surface area contributed by atoms with E-state index in [1.807, 2.05) is 7.05 Å². The van der Waals surface area contributed by atoms with Crippen LogP contribution in [0.4, 0.5) is 0 Å². The minimum atomic E-state index is 0.817. The average Bonchev–Trinajstić information content (AvgIpc) is 3.24. The third-order valence-corrected chi connectivity index (χ3v) is 4.86. The molecule has 0 saturated heterocycles. The van der Waals surface area contributed by atoms with Gasteiger partial charge in [0.05, 0.1) is 6.61 Å². The molecular formula is C18H23N3OS. The Morgan fingerprint density at radius 2 is 2.09 bits per heavy atom. The lowest BCUT2D eigenvalue weighted by Gasteiger charge is -2.12. The van der Waals surface area contributed by atoms with Crippen molar-refractivity contribution in [2.75, 3.05) is 26.7 Å². The van der Waals surface area contributed by atoms with Gasteiger partial charge in [0.1, 0.15) is 5.75 Å². The summed E-state index contributed by atoms with van der Waals surface area (Å²) in [5.41, 5.74) is 2.68. The lowest BCUT2D eigenvalue weighted by Crippen LogP contribution is -2.39. The number of hydrogen-bond acceptors (Lipinski definition) is 3. The summed E-state index contributed by atoms with van der Waals surface area (Å²) in [5.74, 6) is 1.92. The highest BCUT2D eigenvalue weighted by Crippen LogP contribution is 2.25. The minimum absolute atomic E-state index is 0.817. The van der Waals surface area contributed by atoms with Crippen LogP contribution in [0.2, 0.25) is 0 Å². The predicted molar refractivity (Wildman–Crippen MR) is 96.7 cm³/mol. The SMILES string of the molecule is CN=C(NCCc1ccc2c(c1)CCO2)NCCc1cccs1. The van der Waals surface area contributed by atoms with E-state index in [-0.39, 0.29) is 0 Å². The summed E-state index contributed by atoms with van der Waals surface area (Å²) in [7, 11) is 1.81. The average molecular weight is 329 g/mol. The fraction of sp³-hybridized carbons (Fsp3) is 0.389. The van der Waals surface area contributed by atoms with E-state index in [0.29, 0.717) is 0 Å². The molecule has 4 nitrogen and oxygen atoms in total. The van der Waals surface area contributed by atoms with Crippen molar-refractivity contribution in [3.05, 3.63) is 51.7 Å². The lowest BCUT2D eigenvalue weighted by atomic mass is 10.1. The Balaban J connectivity index is 1.40. The van der Waals surface area contributed by atoms with E-state index in [1.165, 1.54) is 16.0 Å². The van der Waals surface area contributed by atoms with E-state index in [1.54, 1.807) is 11.3 Å². The number of thiophene rings is 1. The number of nitrogens with one attached hydrogen (secondary N) is 2. The van der Waals surface area contributed by atoms with Crippen LogP contribution in [0.15, 0.2) is 40.7 Å². The van der Waals surface area contributed by atoms with Crippen LogP contribution in [-0.2, 0) is 19.3 Å². The summed E-state index contributed by atoms with van der Waals surface area (Å²) in [5, 5.41) is 8.85. The zero-order valence-corrected chi connectivity index (χ0v) is 14.3. The van der Waals surface area contributed by atoms with Gasteiger partial charge < -0.3 is 15.4 Å². The van der Waals surface area contributed by atoms with Crippen LogP contribution in [0, 0.1) is 0 Å². The molecule has 2 heterocycles. The van der Waals surface area contributed by atoms with Crippen molar-refractivity contribution < 1.29 is 4.74 Å². The molecule has 1 aliphatic heterocycles. The number of rotatable bonds is 6. The van der Waals surface area contributed by atoms with E-state index >= 15 is 0 Å². The van der Waals surface area contributed by atoms with Gasteiger partial charge in [0.15, 0.2) is 5.96 Å². The molecule has 0 bridgehead atoms. The van der Waals surface area contributed by atoms with Crippen LogP contribution in [0.1, 0.15) is 16.0 Å². The summed E-state index contributed by atoms with van der Waals surface area (Å²) in [6.45, 7) is 2.59. The van der Waals surface area contributed by atoms with Crippen LogP contribution >= 0.6 is 11.3 Å². The van der Waals surface area contributed by atoms with Gasteiger partial charge in [-0.1, -0.05) is 18.2 Å². The van der Waals surface area contributed by atoms with Gasteiger partial charge in [0.25, 0.3) is 0 Å². The van der Waals surface area contributed by atoms with Crippen molar-refractivity contribution >= 4 is 17.3 Å². The highest BCUT2D eigenvalue weighted by atomic mass is 32.1. The predicted octanol–water partition coefficient (Wildman–Crippen LogP) is 2.63. The van der Waals surface area contributed by atoms with E-state index in [9.17, 15) is 0 Å². The van der Waals surface area contributed by atoms with Crippen LogP contribution in [0.3, 0.4) is 0 Å². The zero-order chi connectivity index (χ0) is 15.9. The highest BCUT2D eigenvalue weighted by Gasteiger charge is 2.11. The number of ether oxygens (including phenoxy) is 1. The molecular weight excluding hydrogens is 306 g/mol. The standard InChI is InChI=1S/C18H23N3OS/c1-19-18(21-10-7-16-3-2-12-23-16)20-9-6-14-4-5-17-15(13-14)8-11-22-17/h2-5,12-13H,6-11H2,1H3,(H2,19,20,21). The Morgan fingerprint density at radius 1 is 1.22 bits per heavy atom. The molecule has 5 heteroatoms. The summed E-state index contributed by atoms with van der Waals surface area (Å²) in [6.07, 6.45) is 3.05. The van der Waals surface area contributed by atoms with Gasteiger partial charge in [-0.25, -0.2) is 0 Å². The summed E-state index contributed by atoms with van der Waals surface area (Å²) < 4.78 is 5.54. The quantitative estimate of drug-likeness (QED) is 0.633. The van der Waals surface area contributed by atoms with E-state index in [2.05, 4.69) is 51.3 Å². The first-order valence-corrected chi connectivity index (χ1v) is 8.94. The molecule has 1 aromatic carbocycles. The molecule has 2 aromatic rings. The molecule has 3 rings (SSSR count). The highest BCUT2D eigenvalue weighted by molar-refractivity contribution is 7.09. The first-order chi connectivity index (χ1) is 11.3. The Labute approximate surface area is 141 Å². The lowest BCUT2D eigenvalue weighted by molar-refractivity contribution is 0.357. The van der Waals surface area contributed by atoms with Crippen LogP contribution in [0.5, 0.6) is 5.75 Å². The van der Waals surface area contributed by atoms with Crippen molar-refractivity contribution in [1.82, 2.24) is 10.6 Å². The molecule has 0 aliphatic carbocycles. The number of hydrogen-bond donors (Lipinski definition) is 2.